The molecular weight excluding hydrogens is 224 g/mol. The van der Waals surface area contributed by atoms with Crippen LogP contribution in [0, 0.1) is 0 Å². The number of hydrogen-bond acceptors (Lipinski definition) is 4. The van der Waals surface area contributed by atoms with Crippen molar-refractivity contribution in [1.29, 1.82) is 0 Å². The highest BCUT2D eigenvalue weighted by atomic mass is 16.4. The van der Waals surface area contributed by atoms with E-state index in [1.54, 1.807) is 0 Å². The quantitative estimate of drug-likeness (QED) is 0.765. The Bertz CT molecular complexity index is 482. The minimum absolute atomic E-state index is 0.00109. The Morgan fingerprint density at radius 2 is 1.94 bits per heavy atom. The minimum atomic E-state index is -1.12. The van der Waals surface area contributed by atoms with Crippen molar-refractivity contribution in [2.24, 2.45) is 0 Å². The van der Waals surface area contributed by atoms with Crippen LogP contribution in [0.15, 0.2) is 18.3 Å². The second kappa shape index (κ2) is 4.32. The number of rotatable bonds is 2. The summed E-state index contributed by atoms with van der Waals surface area (Å²) in [6.07, 6.45) is 2.37. The Hall–Kier alpha value is -2.24. The van der Waals surface area contributed by atoms with Gasteiger partial charge in [-0.25, -0.2) is 14.7 Å². The maximum atomic E-state index is 11.6. The molecule has 17 heavy (non-hydrogen) atoms. The van der Waals surface area contributed by atoms with Gasteiger partial charge in [-0.05, 0) is 18.6 Å². The monoisotopic (exact) mass is 234 g/mol. The van der Waals surface area contributed by atoms with E-state index in [9.17, 15) is 14.4 Å². The molecule has 0 spiro atoms. The van der Waals surface area contributed by atoms with Gasteiger partial charge in [0.25, 0.3) is 0 Å². The number of piperidine rings is 1. The first-order chi connectivity index (χ1) is 8.09. The molecule has 0 radical (unpaired) electrons. The van der Waals surface area contributed by atoms with E-state index in [2.05, 4.69) is 4.98 Å². The van der Waals surface area contributed by atoms with Crippen LogP contribution >= 0.6 is 0 Å². The molecule has 0 unspecified atom stereocenters. The summed E-state index contributed by atoms with van der Waals surface area (Å²) < 4.78 is 0. The van der Waals surface area contributed by atoms with E-state index in [1.165, 1.54) is 18.3 Å². The van der Waals surface area contributed by atoms with E-state index in [1.807, 2.05) is 0 Å². The highest BCUT2D eigenvalue weighted by Crippen LogP contribution is 2.20. The van der Waals surface area contributed by atoms with Crippen molar-refractivity contribution < 1.29 is 19.5 Å². The standard InChI is InChI=1S/C11H10N2O4/c14-9-2-1-3-10(15)13(9)8-6-7(11(16)17)4-5-12-8/h4-6H,1-3H2,(H,16,17). The minimum Gasteiger partial charge on any atom is -0.478 e. The van der Waals surface area contributed by atoms with E-state index < -0.39 is 5.97 Å². The lowest BCUT2D eigenvalue weighted by Crippen LogP contribution is -2.40. The zero-order valence-corrected chi connectivity index (χ0v) is 8.92. The van der Waals surface area contributed by atoms with Gasteiger partial charge < -0.3 is 5.11 Å². The molecule has 2 amide bonds. The van der Waals surface area contributed by atoms with Crippen LogP contribution in [0.5, 0.6) is 0 Å². The number of carbonyl (C=O) groups is 3. The fraction of sp³-hybridized carbons (Fsp3) is 0.273. The largest absolute Gasteiger partial charge is 0.478 e. The first-order valence-electron chi connectivity index (χ1n) is 5.15. The number of nitrogens with zero attached hydrogens (tertiary/aromatic N) is 2. The Balaban J connectivity index is 2.38. The molecule has 2 rings (SSSR count). The molecule has 1 fully saturated rings. The second-order valence-corrected chi connectivity index (χ2v) is 3.68. The molecule has 1 aromatic heterocycles. The maximum absolute atomic E-state index is 11.6. The van der Waals surface area contributed by atoms with Crippen molar-refractivity contribution in [3.8, 4) is 0 Å². The number of amides is 2. The Morgan fingerprint density at radius 3 is 2.53 bits per heavy atom. The number of pyridine rings is 1. The maximum Gasteiger partial charge on any atom is 0.335 e. The number of carboxylic acids is 1. The van der Waals surface area contributed by atoms with Gasteiger partial charge in [-0.3, -0.25) is 9.59 Å². The van der Waals surface area contributed by atoms with Crippen LogP contribution in [0.1, 0.15) is 29.6 Å². The predicted octanol–water partition coefficient (Wildman–Crippen LogP) is 0.823. The van der Waals surface area contributed by atoms with Crippen molar-refractivity contribution in [2.75, 3.05) is 4.90 Å². The zero-order chi connectivity index (χ0) is 12.4. The molecule has 1 aliphatic heterocycles. The molecule has 2 heterocycles. The third kappa shape index (κ3) is 2.15. The van der Waals surface area contributed by atoms with Crippen molar-refractivity contribution >= 4 is 23.6 Å². The van der Waals surface area contributed by atoms with Gasteiger partial charge >= 0.3 is 5.97 Å². The van der Waals surface area contributed by atoms with Gasteiger partial charge in [0, 0.05) is 19.0 Å². The van der Waals surface area contributed by atoms with Crippen LogP contribution < -0.4 is 4.90 Å². The van der Waals surface area contributed by atoms with Crippen molar-refractivity contribution in [1.82, 2.24) is 4.98 Å². The molecule has 0 aliphatic carbocycles. The first-order valence-corrected chi connectivity index (χ1v) is 5.15. The Kier molecular flexibility index (Phi) is 2.86. The normalized spacial score (nSPS) is 16.1. The number of carbonyl (C=O) groups excluding carboxylic acids is 2. The smallest absolute Gasteiger partial charge is 0.335 e. The van der Waals surface area contributed by atoms with E-state index in [4.69, 9.17) is 5.11 Å². The molecule has 1 N–H and O–H groups in total. The topological polar surface area (TPSA) is 87.6 Å². The summed E-state index contributed by atoms with van der Waals surface area (Å²) >= 11 is 0. The van der Waals surface area contributed by atoms with Gasteiger partial charge in [0.15, 0.2) is 0 Å². The SMILES string of the molecule is O=C(O)c1ccnc(N2C(=O)CCCC2=O)c1. The van der Waals surface area contributed by atoms with Gasteiger partial charge in [-0.1, -0.05) is 0 Å². The molecule has 6 heteroatoms. The summed E-state index contributed by atoms with van der Waals surface area (Å²) in [4.78, 5) is 38.8. The van der Waals surface area contributed by atoms with Crippen LogP contribution in [-0.4, -0.2) is 27.9 Å². The van der Waals surface area contributed by atoms with Crippen LogP contribution in [0.25, 0.3) is 0 Å². The van der Waals surface area contributed by atoms with E-state index in [0.29, 0.717) is 6.42 Å². The summed E-state index contributed by atoms with van der Waals surface area (Å²) in [7, 11) is 0. The average Bonchev–Trinajstić information content (AvgIpc) is 2.29. The number of imide groups is 1. The number of aromatic carboxylic acids is 1. The van der Waals surface area contributed by atoms with E-state index >= 15 is 0 Å². The van der Waals surface area contributed by atoms with E-state index in [0.717, 1.165) is 4.90 Å². The van der Waals surface area contributed by atoms with Crippen LogP contribution in [0.4, 0.5) is 5.82 Å². The molecule has 1 aromatic rings. The molecule has 1 aliphatic rings. The van der Waals surface area contributed by atoms with Gasteiger partial charge in [0.05, 0.1) is 5.56 Å². The number of anilines is 1. The summed E-state index contributed by atoms with van der Waals surface area (Å²) in [5.74, 6) is -1.71. The molecule has 0 saturated carbocycles. The molecule has 6 nitrogen and oxygen atoms in total. The molecule has 0 atom stereocenters. The van der Waals surface area contributed by atoms with Crippen LogP contribution in [0.2, 0.25) is 0 Å². The van der Waals surface area contributed by atoms with Gasteiger partial charge in [-0.15, -0.1) is 0 Å². The molecule has 0 bridgehead atoms. The molecule has 0 aromatic carbocycles. The second-order valence-electron chi connectivity index (χ2n) is 3.68. The third-order valence-corrected chi connectivity index (χ3v) is 2.50. The number of aromatic nitrogens is 1. The lowest BCUT2D eigenvalue weighted by molar-refractivity contribution is -0.129. The molecular formula is C11H10N2O4. The first kappa shape index (κ1) is 11.3. The number of hydrogen-bond donors (Lipinski definition) is 1. The van der Waals surface area contributed by atoms with Gasteiger partial charge in [0.2, 0.25) is 11.8 Å². The molecule has 1 saturated heterocycles. The van der Waals surface area contributed by atoms with Gasteiger partial charge in [0.1, 0.15) is 5.82 Å². The fourth-order valence-electron chi connectivity index (χ4n) is 1.68. The van der Waals surface area contributed by atoms with Crippen LogP contribution in [-0.2, 0) is 9.59 Å². The van der Waals surface area contributed by atoms with Crippen LogP contribution in [0.3, 0.4) is 0 Å². The predicted molar refractivity (Wildman–Crippen MR) is 57.5 cm³/mol. The summed E-state index contributed by atoms with van der Waals surface area (Å²) in [5, 5.41) is 8.82. The zero-order valence-electron chi connectivity index (χ0n) is 8.92. The van der Waals surface area contributed by atoms with Crippen molar-refractivity contribution in [3.63, 3.8) is 0 Å². The Labute approximate surface area is 96.9 Å². The lowest BCUT2D eigenvalue weighted by atomic mass is 10.1. The Morgan fingerprint density at radius 1 is 1.29 bits per heavy atom. The summed E-state index contributed by atoms with van der Waals surface area (Å²) in [6, 6.07) is 2.54. The number of carboxylic acid groups (broad SMARTS) is 1. The summed E-state index contributed by atoms with van der Waals surface area (Å²) in [5.41, 5.74) is 0.00109. The third-order valence-electron chi connectivity index (χ3n) is 2.50. The molecule has 88 valence electrons. The van der Waals surface area contributed by atoms with Crippen molar-refractivity contribution in [2.45, 2.75) is 19.3 Å². The summed E-state index contributed by atoms with van der Waals surface area (Å²) in [6.45, 7) is 0. The lowest BCUT2D eigenvalue weighted by Gasteiger charge is -2.23. The van der Waals surface area contributed by atoms with E-state index in [-0.39, 0.29) is 36.0 Å². The fourth-order valence-corrected chi connectivity index (χ4v) is 1.68. The van der Waals surface area contributed by atoms with Gasteiger partial charge in [-0.2, -0.15) is 0 Å². The highest BCUT2D eigenvalue weighted by molar-refractivity contribution is 6.16. The highest BCUT2D eigenvalue weighted by Gasteiger charge is 2.28. The average molecular weight is 234 g/mol. The van der Waals surface area contributed by atoms with Crippen molar-refractivity contribution in [3.05, 3.63) is 23.9 Å².